The molecule has 1 saturated carbocycles. The number of carbonyl (C=O) groups excluding carboxylic acids is 1. The number of sulfone groups is 1. The molecule has 1 aliphatic heterocycles. The van der Waals surface area contributed by atoms with Gasteiger partial charge in [0, 0.05) is 31.8 Å². The predicted molar refractivity (Wildman–Crippen MR) is 105 cm³/mol. The quantitative estimate of drug-likeness (QED) is 0.619. The average molecular weight is 399 g/mol. The van der Waals surface area contributed by atoms with E-state index in [-0.39, 0.29) is 17.9 Å². The molecule has 1 amide bonds. The number of piperazine rings is 1. The second-order valence-corrected chi connectivity index (χ2v) is 9.94. The Kier molecular flexibility index (Phi) is 5.41. The van der Waals surface area contributed by atoms with E-state index in [0.717, 1.165) is 18.4 Å². The summed E-state index contributed by atoms with van der Waals surface area (Å²) in [5, 5.41) is 0. The molecule has 5 nitrogen and oxygen atoms in total. The number of amides is 1. The summed E-state index contributed by atoms with van der Waals surface area (Å²) in [6.45, 7) is 2.00. The van der Waals surface area contributed by atoms with Crippen LogP contribution in [0.15, 0.2) is 29.2 Å². The molecule has 0 radical (unpaired) electrons. The Labute approximate surface area is 159 Å². The van der Waals surface area contributed by atoms with Crippen molar-refractivity contribution in [3.05, 3.63) is 29.8 Å². The van der Waals surface area contributed by atoms with E-state index in [2.05, 4.69) is 17.5 Å². The minimum atomic E-state index is -3.20. The molecule has 136 valence electrons. The van der Waals surface area contributed by atoms with Crippen LogP contribution in [0.2, 0.25) is 0 Å². The zero-order valence-corrected chi connectivity index (χ0v) is 16.6. The summed E-state index contributed by atoms with van der Waals surface area (Å²) in [7, 11) is -3.20. The van der Waals surface area contributed by atoms with E-state index in [1.807, 2.05) is 17.0 Å². The van der Waals surface area contributed by atoms with E-state index >= 15 is 0 Å². The second kappa shape index (κ2) is 7.25. The van der Waals surface area contributed by atoms with E-state index in [1.54, 1.807) is 12.1 Å². The van der Waals surface area contributed by atoms with Gasteiger partial charge in [0.2, 0.25) is 5.91 Å². The number of thiocarbonyl (C=S) groups is 1. The maximum absolute atomic E-state index is 12.4. The van der Waals surface area contributed by atoms with Crippen molar-refractivity contribution in [3.63, 3.8) is 0 Å². The summed E-state index contributed by atoms with van der Waals surface area (Å²) in [5.41, 5.74) is 1.02. The molecule has 3 rings (SSSR count). The van der Waals surface area contributed by atoms with E-state index in [1.165, 1.54) is 6.26 Å². The molecule has 1 aromatic rings. The SMILES string of the molecule is CS(=O)(=O)c1ccc(CC2CN(C(=O)C3CC3)CCN2C(=S)S)cc1. The molecule has 1 aliphatic carbocycles. The number of carbonyl (C=O) groups is 1. The first-order valence-corrected chi connectivity index (χ1v) is 11.1. The molecule has 1 unspecified atom stereocenters. The van der Waals surface area contributed by atoms with Crippen molar-refractivity contribution in [2.24, 2.45) is 5.92 Å². The molecule has 1 heterocycles. The smallest absolute Gasteiger partial charge is 0.225 e. The highest BCUT2D eigenvalue weighted by molar-refractivity contribution is 8.10. The van der Waals surface area contributed by atoms with Crippen LogP contribution in [0, 0.1) is 5.92 Å². The van der Waals surface area contributed by atoms with Gasteiger partial charge in [0.1, 0.15) is 4.32 Å². The predicted octanol–water partition coefficient (Wildman–Crippen LogP) is 1.77. The summed E-state index contributed by atoms with van der Waals surface area (Å²) in [6.07, 6.45) is 3.90. The number of rotatable bonds is 4. The minimum absolute atomic E-state index is 0.0607. The largest absolute Gasteiger partial charge is 0.351 e. The third-order valence-electron chi connectivity index (χ3n) is 4.79. The maximum atomic E-state index is 12.4. The normalized spacial score (nSPS) is 21.3. The molecular weight excluding hydrogens is 376 g/mol. The Morgan fingerprint density at radius 3 is 2.40 bits per heavy atom. The molecule has 1 aromatic carbocycles. The van der Waals surface area contributed by atoms with Gasteiger partial charge >= 0.3 is 0 Å². The van der Waals surface area contributed by atoms with Gasteiger partial charge in [-0.25, -0.2) is 8.42 Å². The van der Waals surface area contributed by atoms with Gasteiger partial charge in [0.15, 0.2) is 9.84 Å². The molecule has 1 saturated heterocycles. The van der Waals surface area contributed by atoms with Gasteiger partial charge < -0.3 is 9.80 Å². The van der Waals surface area contributed by atoms with Crippen LogP contribution in [0.25, 0.3) is 0 Å². The van der Waals surface area contributed by atoms with Crippen molar-refractivity contribution < 1.29 is 13.2 Å². The molecule has 2 aliphatic rings. The van der Waals surface area contributed by atoms with E-state index in [0.29, 0.717) is 35.3 Å². The lowest BCUT2D eigenvalue weighted by atomic mass is 10.0. The number of thiol groups is 1. The van der Waals surface area contributed by atoms with Gasteiger partial charge in [-0.05, 0) is 37.0 Å². The second-order valence-electron chi connectivity index (χ2n) is 6.81. The van der Waals surface area contributed by atoms with Crippen LogP contribution in [0.4, 0.5) is 0 Å². The number of hydrogen-bond donors (Lipinski definition) is 1. The zero-order chi connectivity index (χ0) is 18.2. The Morgan fingerprint density at radius 1 is 1.24 bits per heavy atom. The first-order valence-electron chi connectivity index (χ1n) is 8.33. The molecule has 8 heteroatoms. The minimum Gasteiger partial charge on any atom is -0.351 e. The van der Waals surface area contributed by atoms with Crippen molar-refractivity contribution >= 4 is 44.9 Å². The molecule has 0 bridgehead atoms. The zero-order valence-electron chi connectivity index (χ0n) is 14.1. The lowest BCUT2D eigenvalue weighted by molar-refractivity contribution is -0.134. The average Bonchev–Trinajstić information content (AvgIpc) is 3.38. The number of benzene rings is 1. The third-order valence-corrected chi connectivity index (χ3v) is 6.41. The van der Waals surface area contributed by atoms with E-state index in [9.17, 15) is 13.2 Å². The van der Waals surface area contributed by atoms with E-state index in [4.69, 9.17) is 12.2 Å². The van der Waals surface area contributed by atoms with Gasteiger partial charge in [0.05, 0.1) is 10.9 Å². The van der Waals surface area contributed by atoms with Gasteiger partial charge in [-0.15, -0.1) is 12.6 Å². The van der Waals surface area contributed by atoms with Crippen LogP contribution >= 0.6 is 24.8 Å². The molecule has 0 N–H and O–H groups in total. The van der Waals surface area contributed by atoms with E-state index < -0.39 is 9.84 Å². The maximum Gasteiger partial charge on any atom is 0.225 e. The Balaban J connectivity index is 1.74. The summed E-state index contributed by atoms with van der Waals surface area (Å²) >= 11 is 9.58. The number of nitrogens with zero attached hydrogens (tertiary/aromatic N) is 2. The first kappa shape index (κ1) is 18.7. The highest BCUT2D eigenvalue weighted by Gasteiger charge is 2.37. The topological polar surface area (TPSA) is 57.7 Å². The molecule has 0 aromatic heterocycles. The van der Waals surface area contributed by atoms with Crippen LogP contribution < -0.4 is 0 Å². The monoisotopic (exact) mass is 398 g/mol. The summed E-state index contributed by atoms with van der Waals surface area (Å²) in [4.78, 5) is 16.7. The van der Waals surface area contributed by atoms with Crippen molar-refractivity contribution in [2.45, 2.75) is 30.2 Å². The first-order chi connectivity index (χ1) is 11.8. The van der Waals surface area contributed by atoms with Gasteiger partial charge in [-0.1, -0.05) is 24.4 Å². The Bertz CT molecular complexity index is 773. The summed E-state index contributed by atoms with van der Waals surface area (Å²) in [6, 6.07) is 6.98. The van der Waals surface area contributed by atoms with Crippen molar-refractivity contribution in [1.29, 1.82) is 0 Å². The van der Waals surface area contributed by atoms with Gasteiger partial charge in [-0.2, -0.15) is 0 Å². The Morgan fingerprint density at radius 2 is 1.88 bits per heavy atom. The van der Waals surface area contributed by atoms with Crippen LogP contribution in [0.1, 0.15) is 18.4 Å². The Hall–Kier alpha value is -1.12. The molecule has 25 heavy (non-hydrogen) atoms. The van der Waals surface area contributed by atoms with Crippen LogP contribution in [0.3, 0.4) is 0 Å². The lowest BCUT2D eigenvalue weighted by Gasteiger charge is -2.42. The lowest BCUT2D eigenvalue weighted by Crippen LogP contribution is -2.56. The molecule has 1 atom stereocenters. The van der Waals surface area contributed by atoms with Crippen molar-refractivity contribution in [2.75, 3.05) is 25.9 Å². The van der Waals surface area contributed by atoms with Crippen LogP contribution in [0.5, 0.6) is 0 Å². The van der Waals surface area contributed by atoms with Crippen LogP contribution in [-0.4, -0.2) is 60.4 Å². The fraction of sp³-hybridized carbons (Fsp3) is 0.529. The summed E-state index contributed by atoms with van der Waals surface area (Å²) in [5.74, 6) is 0.464. The van der Waals surface area contributed by atoms with Crippen LogP contribution in [-0.2, 0) is 21.1 Å². The highest BCUT2D eigenvalue weighted by Crippen LogP contribution is 2.32. The summed E-state index contributed by atoms with van der Waals surface area (Å²) < 4.78 is 23.7. The highest BCUT2D eigenvalue weighted by atomic mass is 32.2. The third kappa shape index (κ3) is 4.54. The van der Waals surface area contributed by atoms with Gasteiger partial charge in [-0.3, -0.25) is 4.79 Å². The molecular formula is C17H22N2O3S3. The fourth-order valence-electron chi connectivity index (χ4n) is 3.22. The fourth-order valence-corrected chi connectivity index (χ4v) is 4.35. The molecule has 2 fully saturated rings. The van der Waals surface area contributed by atoms with Crippen molar-refractivity contribution in [1.82, 2.24) is 9.80 Å². The number of hydrogen-bond acceptors (Lipinski definition) is 4. The molecule has 0 spiro atoms. The van der Waals surface area contributed by atoms with Gasteiger partial charge in [0.25, 0.3) is 0 Å². The standard InChI is InChI=1S/C17H22N2O3S3/c1-25(21,22)15-6-2-12(3-7-15)10-14-11-18(16(20)13-4-5-13)8-9-19(14)17(23)24/h2-3,6-7,13-14H,4-5,8-11H2,1H3,(H,23,24). The van der Waals surface area contributed by atoms with Crippen molar-refractivity contribution in [3.8, 4) is 0 Å².